The first kappa shape index (κ1) is 18.9. The number of carbonyl (C=O) groups is 1. The standard InChI is InChI=1S/C27H34N2O/c28-8-5-20-17-27(25-4-2-1-3-23(20)25)6-9-29(10-7-27)26(30)16-24-21-12-18-11-19(14-21)15-22(24)13-18/h1-4,18-22,24H,5-7,9-17H2. The van der Waals surface area contributed by atoms with Crippen molar-refractivity contribution in [1.82, 2.24) is 4.90 Å². The third-order valence-electron chi connectivity index (χ3n) is 9.85. The second-order valence-electron chi connectivity index (χ2n) is 11.3. The molecule has 158 valence electrons. The highest BCUT2D eigenvalue weighted by Crippen LogP contribution is 2.58. The van der Waals surface area contributed by atoms with Gasteiger partial charge in [0, 0.05) is 25.9 Å². The van der Waals surface area contributed by atoms with Gasteiger partial charge in [-0.1, -0.05) is 24.3 Å². The van der Waals surface area contributed by atoms with Crippen molar-refractivity contribution in [2.75, 3.05) is 13.1 Å². The van der Waals surface area contributed by atoms with Crippen LogP contribution in [0.15, 0.2) is 24.3 Å². The molecule has 30 heavy (non-hydrogen) atoms. The van der Waals surface area contributed by atoms with Crippen LogP contribution in [0.5, 0.6) is 0 Å². The van der Waals surface area contributed by atoms with Crippen molar-refractivity contribution >= 4 is 5.91 Å². The van der Waals surface area contributed by atoms with Gasteiger partial charge in [-0.05, 0) is 103 Å². The molecule has 1 aliphatic heterocycles. The third kappa shape index (κ3) is 2.94. The molecule has 1 saturated heterocycles. The van der Waals surface area contributed by atoms with E-state index in [0.717, 1.165) is 62.4 Å². The van der Waals surface area contributed by atoms with Crippen molar-refractivity contribution in [3.05, 3.63) is 35.4 Å². The molecule has 0 N–H and O–H groups in total. The first-order valence-corrected chi connectivity index (χ1v) is 12.4. The van der Waals surface area contributed by atoms with Crippen LogP contribution < -0.4 is 0 Å². The molecule has 1 heterocycles. The molecule has 1 amide bonds. The van der Waals surface area contributed by atoms with E-state index in [1.807, 2.05) is 0 Å². The minimum Gasteiger partial charge on any atom is -0.343 e. The maximum atomic E-state index is 13.3. The number of nitrogens with zero attached hydrogens (tertiary/aromatic N) is 2. The third-order valence-corrected chi connectivity index (χ3v) is 9.85. The fraction of sp³-hybridized carbons (Fsp3) is 0.704. The van der Waals surface area contributed by atoms with Crippen LogP contribution in [0.2, 0.25) is 0 Å². The Bertz CT molecular complexity index is 847. The van der Waals surface area contributed by atoms with Crippen LogP contribution in [-0.4, -0.2) is 23.9 Å². The summed E-state index contributed by atoms with van der Waals surface area (Å²) in [7, 11) is 0. The van der Waals surface area contributed by atoms with E-state index in [1.165, 1.54) is 43.2 Å². The van der Waals surface area contributed by atoms with Gasteiger partial charge in [-0.2, -0.15) is 5.26 Å². The molecule has 5 aliphatic carbocycles. The van der Waals surface area contributed by atoms with Crippen LogP contribution in [0.1, 0.15) is 81.3 Å². The summed E-state index contributed by atoms with van der Waals surface area (Å²) in [5.41, 5.74) is 3.06. The average Bonchev–Trinajstić information content (AvgIpc) is 3.04. The smallest absolute Gasteiger partial charge is 0.222 e. The topological polar surface area (TPSA) is 44.1 Å². The Morgan fingerprint density at radius 1 is 1.03 bits per heavy atom. The Kier molecular flexibility index (Phi) is 4.48. The summed E-state index contributed by atoms with van der Waals surface area (Å²) in [4.78, 5) is 15.5. The fourth-order valence-corrected chi connectivity index (χ4v) is 8.68. The molecule has 1 aromatic carbocycles. The summed E-state index contributed by atoms with van der Waals surface area (Å²) >= 11 is 0. The van der Waals surface area contributed by atoms with Crippen LogP contribution in [0.3, 0.4) is 0 Å². The molecule has 3 heteroatoms. The number of benzene rings is 1. The largest absolute Gasteiger partial charge is 0.343 e. The number of likely N-dealkylation sites (tertiary alicyclic amines) is 1. The van der Waals surface area contributed by atoms with Crippen molar-refractivity contribution in [3.63, 3.8) is 0 Å². The summed E-state index contributed by atoms with van der Waals surface area (Å²) in [6, 6.07) is 11.2. The Hall–Kier alpha value is -1.82. The maximum absolute atomic E-state index is 13.3. The highest BCUT2D eigenvalue weighted by Gasteiger charge is 2.50. The number of fused-ring (bicyclic) bond motifs is 2. The molecule has 7 rings (SSSR count). The SMILES string of the molecule is N#CCC1CC2(CCN(C(=O)CC3C4CC5CC(C4)CC3C5)CC2)c2ccccc21. The zero-order valence-corrected chi connectivity index (χ0v) is 18.1. The van der Waals surface area contributed by atoms with Crippen LogP contribution in [0.25, 0.3) is 0 Å². The summed E-state index contributed by atoms with van der Waals surface area (Å²) < 4.78 is 0. The minimum atomic E-state index is 0.192. The number of hydrogen-bond acceptors (Lipinski definition) is 2. The van der Waals surface area contributed by atoms with Gasteiger partial charge in [-0.25, -0.2) is 0 Å². The second kappa shape index (κ2) is 7.11. The highest BCUT2D eigenvalue weighted by atomic mass is 16.2. The zero-order chi connectivity index (χ0) is 20.3. The van der Waals surface area contributed by atoms with Gasteiger partial charge in [0.05, 0.1) is 6.07 Å². The predicted octanol–water partition coefficient (Wildman–Crippen LogP) is 5.41. The first-order valence-electron chi connectivity index (χ1n) is 12.4. The fourth-order valence-electron chi connectivity index (χ4n) is 8.68. The monoisotopic (exact) mass is 402 g/mol. The molecule has 4 saturated carbocycles. The second-order valence-corrected chi connectivity index (χ2v) is 11.3. The van der Waals surface area contributed by atoms with Crippen molar-refractivity contribution in [1.29, 1.82) is 5.26 Å². The van der Waals surface area contributed by atoms with E-state index in [-0.39, 0.29) is 5.41 Å². The summed E-state index contributed by atoms with van der Waals surface area (Å²) in [6.45, 7) is 1.81. The Labute approximate surface area is 180 Å². The molecule has 0 aromatic heterocycles. The van der Waals surface area contributed by atoms with Gasteiger partial charge in [0.1, 0.15) is 0 Å². The summed E-state index contributed by atoms with van der Waals surface area (Å²) in [5, 5.41) is 9.29. The Balaban J connectivity index is 1.12. The van der Waals surface area contributed by atoms with Crippen LogP contribution >= 0.6 is 0 Å². The number of piperidine rings is 1. The molecular formula is C27H34N2O. The van der Waals surface area contributed by atoms with E-state index in [2.05, 4.69) is 35.2 Å². The average molecular weight is 403 g/mol. The van der Waals surface area contributed by atoms with Gasteiger partial charge >= 0.3 is 0 Å². The molecule has 1 atom stereocenters. The van der Waals surface area contributed by atoms with Gasteiger partial charge in [0.25, 0.3) is 0 Å². The molecule has 0 radical (unpaired) electrons. The highest BCUT2D eigenvalue weighted by molar-refractivity contribution is 5.76. The minimum absolute atomic E-state index is 0.192. The first-order chi connectivity index (χ1) is 14.6. The van der Waals surface area contributed by atoms with E-state index in [9.17, 15) is 10.1 Å². The lowest BCUT2D eigenvalue weighted by Gasteiger charge is -2.54. The van der Waals surface area contributed by atoms with Crippen LogP contribution in [0.4, 0.5) is 0 Å². The summed E-state index contributed by atoms with van der Waals surface area (Å²) in [6.07, 6.45) is 11.8. The van der Waals surface area contributed by atoms with Crippen molar-refractivity contribution in [3.8, 4) is 6.07 Å². The number of nitriles is 1. The molecule has 1 spiro atoms. The number of carbonyl (C=O) groups excluding carboxylic acids is 1. The lowest BCUT2D eigenvalue weighted by Crippen LogP contribution is -2.49. The molecule has 4 bridgehead atoms. The quantitative estimate of drug-likeness (QED) is 0.678. The lowest BCUT2D eigenvalue weighted by atomic mass is 9.51. The van der Waals surface area contributed by atoms with Gasteiger partial charge < -0.3 is 4.90 Å². The zero-order valence-electron chi connectivity index (χ0n) is 18.1. The van der Waals surface area contributed by atoms with E-state index >= 15 is 0 Å². The summed E-state index contributed by atoms with van der Waals surface area (Å²) in [5.74, 6) is 5.14. The van der Waals surface area contributed by atoms with Gasteiger partial charge in [0.2, 0.25) is 5.91 Å². The molecule has 5 fully saturated rings. The van der Waals surface area contributed by atoms with Crippen LogP contribution in [-0.2, 0) is 10.2 Å². The van der Waals surface area contributed by atoms with Gasteiger partial charge in [0.15, 0.2) is 0 Å². The van der Waals surface area contributed by atoms with Gasteiger partial charge in [-0.3, -0.25) is 4.79 Å². The maximum Gasteiger partial charge on any atom is 0.222 e. The van der Waals surface area contributed by atoms with E-state index < -0.39 is 0 Å². The number of amides is 1. The van der Waals surface area contributed by atoms with E-state index in [0.29, 0.717) is 24.2 Å². The predicted molar refractivity (Wildman–Crippen MR) is 117 cm³/mol. The van der Waals surface area contributed by atoms with E-state index in [4.69, 9.17) is 0 Å². The van der Waals surface area contributed by atoms with Crippen molar-refractivity contribution in [2.45, 2.75) is 75.5 Å². The molecule has 6 aliphatic rings. The molecule has 3 nitrogen and oxygen atoms in total. The normalized spacial score (nSPS) is 37.9. The Morgan fingerprint density at radius 3 is 2.37 bits per heavy atom. The van der Waals surface area contributed by atoms with Crippen LogP contribution in [0, 0.1) is 40.9 Å². The van der Waals surface area contributed by atoms with E-state index in [1.54, 1.807) is 0 Å². The number of hydrogen-bond donors (Lipinski definition) is 0. The molecular weight excluding hydrogens is 368 g/mol. The molecule has 1 aromatic rings. The Morgan fingerprint density at radius 2 is 1.70 bits per heavy atom. The lowest BCUT2D eigenvalue weighted by molar-refractivity contribution is -0.138. The van der Waals surface area contributed by atoms with Gasteiger partial charge in [-0.15, -0.1) is 0 Å². The molecule has 1 unspecified atom stereocenters. The van der Waals surface area contributed by atoms with Crippen molar-refractivity contribution < 1.29 is 4.79 Å². The number of rotatable bonds is 3. The van der Waals surface area contributed by atoms with Crippen molar-refractivity contribution in [2.24, 2.45) is 29.6 Å².